The lowest BCUT2D eigenvalue weighted by atomic mass is 9.94. The highest BCUT2D eigenvalue weighted by Gasteiger charge is 2.45. The molecule has 0 saturated carbocycles. The van der Waals surface area contributed by atoms with Gasteiger partial charge in [0.25, 0.3) is 5.91 Å². The van der Waals surface area contributed by atoms with Gasteiger partial charge in [-0.2, -0.15) is 0 Å². The molecule has 2 amide bonds. The van der Waals surface area contributed by atoms with Gasteiger partial charge in [0.1, 0.15) is 11.6 Å². The van der Waals surface area contributed by atoms with E-state index in [-0.39, 0.29) is 11.8 Å². The molecule has 20 heavy (non-hydrogen) atoms. The summed E-state index contributed by atoms with van der Waals surface area (Å²) in [5, 5.41) is 2.80. The van der Waals surface area contributed by atoms with Crippen LogP contribution in [-0.4, -0.2) is 23.4 Å². The number of anilines is 1. The van der Waals surface area contributed by atoms with Gasteiger partial charge in [0, 0.05) is 5.69 Å². The van der Waals surface area contributed by atoms with Gasteiger partial charge in [0.2, 0.25) is 5.91 Å². The molecule has 1 aliphatic heterocycles. The molecule has 108 valence electrons. The predicted molar refractivity (Wildman–Crippen MR) is 79.6 cm³/mol. The maximum Gasteiger partial charge on any atom is 0.252 e. The highest BCUT2D eigenvalue weighted by atomic mass is 16.2. The van der Waals surface area contributed by atoms with Crippen LogP contribution in [0.5, 0.6) is 0 Å². The Bertz CT molecular complexity index is 537. The molecular weight excluding hydrogens is 252 g/mol. The smallest absolute Gasteiger partial charge is 0.252 e. The molecule has 4 nitrogen and oxygen atoms in total. The molecule has 1 fully saturated rings. The number of aryl methyl sites for hydroxylation is 1. The molecule has 1 aliphatic rings. The number of carbonyl (C=O) groups excluding carboxylic acids is 2. The maximum atomic E-state index is 12.7. The van der Waals surface area contributed by atoms with Crippen molar-refractivity contribution in [1.29, 1.82) is 0 Å². The van der Waals surface area contributed by atoms with E-state index in [1.165, 1.54) is 0 Å². The maximum absolute atomic E-state index is 12.7. The SMILES string of the molecule is CCc1cccc(N2C(=O)C(C)(C)NC(=O)C2CC)c1. The first-order chi connectivity index (χ1) is 9.40. The zero-order chi connectivity index (χ0) is 14.9. The third-order valence-electron chi connectivity index (χ3n) is 3.79. The number of piperazine rings is 1. The first kappa shape index (κ1) is 14.6. The van der Waals surface area contributed by atoms with Crippen LogP contribution in [-0.2, 0) is 16.0 Å². The summed E-state index contributed by atoms with van der Waals surface area (Å²) in [5.74, 6) is -0.142. The van der Waals surface area contributed by atoms with Gasteiger partial charge in [-0.15, -0.1) is 0 Å². The summed E-state index contributed by atoms with van der Waals surface area (Å²) in [7, 11) is 0. The highest BCUT2D eigenvalue weighted by Crippen LogP contribution is 2.27. The lowest BCUT2D eigenvalue weighted by Gasteiger charge is -2.42. The fourth-order valence-electron chi connectivity index (χ4n) is 2.60. The molecule has 0 spiro atoms. The molecule has 1 N–H and O–H groups in total. The van der Waals surface area contributed by atoms with Crippen molar-refractivity contribution in [3.05, 3.63) is 29.8 Å². The fourth-order valence-corrected chi connectivity index (χ4v) is 2.60. The molecule has 1 heterocycles. The zero-order valence-electron chi connectivity index (χ0n) is 12.6. The van der Waals surface area contributed by atoms with E-state index in [0.717, 1.165) is 17.7 Å². The van der Waals surface area contributed by atoms with E-state index in [9.17, 15) is 9.59 Å². The van der Waals surface area contributed by atoms with Crippen LogP contribution in [0.3, 0.4) is 0 Å². The molecule has 1 aromatic rings. The van der Waals surface area contributed by atoms with Crippen LogP contribution in [0.2, 0.25) is 0 Å². The number of hydrogen-bond acceptors (Lipinski definition) is 2. The predicted octanol–water partition coefficient (Wildman–Crippen LogP) is 2.27. The lowest BCUT2D eigenvalue weighted by molar-refractivity contribution is -0.137. The second kappa shape index (κ2) is 5.27. The molecule has 2 rings (SSSR count). The topological polar surface area (TPSA) is 49.4 Å². The summed E-state index contributed by atoms with van der Waals surface area (Å²) >= 11 is 0. The van der Waals surface area contributed by atoms with Crippen LogP contribution >= 0.6 is 0 Å². The van der Waals surface area contributed by atoms with Crippen molar-refractivity contribution in [3.63, 3.8) is 0 Å². The number of nitrogens with one attached hydrogen (secondary N) is 1. The van der Waals surface area contributed by atoms with Crippen LogP contribution in [0.25, 0.3) is 0 Å². The van der Waals surface area contributed by atoms with Crippen molar-refractivity contribution in [2.75, 3.05) is 4.90 Å². The lowest BCUT2D eigenvalue weighted by Crippen LogP contribution is -2.68. The molecule has 0 aliphatic carbocycles. The van der Waals surface area contributed by atoms with Crippen LogP contribution in [0.1, 0.15) is 39.7 Å². The first-order valence-corrected chi connectivity index (χ1v) is 7.15. The third kappa shape index (κ3) is 2.42. The van der Waals surface area contributed by atoms with E-state index in [1.807, 2.05) is 31.2 Å². The Morgan fingerprint density at radius 1 is 1.25 bits per heavy atom. The van der Waals surface area contributed by atoms with Gasteiger partial charge in [0.05, 0.1) is 0 Å². The van der Waals surface area contributed by atoms with Crippen LogP contribution in [0, 0.1) is 0 Å². The van der Waals surface area contributed by atoms with Crippen LogP contribution in [0.4, 0.5) is 5.69 Å². The minimum Gasteiger partial charge on any atom is -0.340 e. The van der Waals surface area contributed by atoms with Crippen molar-refractivity contribution < 1.29 is 9.59 Å². The summed E-state index contributed by atoms with van der Waals surface area (Å²) in [5.41, 5.74) is 1.11. The third-order valence-corrected chi connectivity index (χ3v) is 3.79. The van der Waals surface area contributed by atoms with Crippen molar-refractivity contribution in [2.45, 2.75) is 52.1 Å². The molecule has 0 bridgehead atoms. The van der Waals surface area contributed by atoms with Crippen molar-refractivity contribution in [1.82, 2.24) is 5.32 Å². The van der Waals surface area contributed by atoms with Gasteiger partial charge in [-0.25, -0.2) is 0 Å². The Hall–Kier alpha value is -1.84. The summed E-state index contributed by atoms with van der Waals surface area (Å²) in [6.07, 6.45) is 1.51. The van der Waals surface area contributed by atoms with Gasteiger partial charge in [0.15, 0.2) is 0 Å². The summed E-state index contributed by atoms with van der Waals surface area (Å²) in [6, 6.07) is 7.43. The number of benzene rings is 1. The normalized spacial score (nSPS) is 21.8. The number of rotatable bonds is 3. The monoisotopic (exact) mass is 274 g/mol. The standard InChI is InChI=1S/C16H22N2O2/c1-5-11-8-7-9-12(10-11)18-13(6-2)14(19)17-16(3,4)15(18)20/h7-10,13H,5-6H2,1-4H3,(H,17,19). The molecule has 4 heteroatoms. The first-order valence-electron chi connectivity index (χ1n) is 7.15. The quantitative estimate of drug-likeness (QED) is 0.919. The summed E-state index contributed by atoms with van der Waals surface area (Å²) < 4.78 is 0. The Morgan fingerprint density at radius 2 is 1.95 bits per heavy atom. The Morgan fingerprint density at radius 3 is 2.55 bits per heavy atom. The van der Waals surface area contributed by atoms with E-state index in [4.69, 9.17) is 0 Å². The largest absolute Gasteiger partial charge is 0.340 e. The molecule has 1 atom stereocenters. The summed E-state index contributed by atoms with van der Waals surface area (Å²) in [4.78, 5) is 26.5. The molecule has 0 radical (unpaired) electrons. The zero-order valence-corrected chi connectivity index (χ0v) is 12.6. The van der Waals surface area contributed by atoms with Crippen molar-refractivity contribution >= 4 is 17.5 Å². The molecular formula is C16H22N2O2. The van der Waals surface area contributed by atoms with Crippen molar-refractivity contribution in [2.24, 2.45) is 0 Å². The summed E-state index contributed by atoms with van der Waals surface area (Å²) in [6.45, 7) is 7.49. The minimum absolute atomic E-state index is 0.0581. The molecule has 0 aromatic heterocycles. The van der Waals surface area contributed by atoms with E-state index in [2.05, 4.69) is 12.2 Å². The van der Waals surface area contributed by atoms with Crippen LogP contribution < -0.4 is 10.2 Å². The number of carbonyl (C=O) groups is 2. The van der Waals surface area contributed by atoms with Gasteiger partial charge in [-0.1, -0.05) is 26.0 Å². The number of nitrogens with zero attached hydrogens (tertiary/aromatic N) is 1. The number of amides is 2. The van der Waals surface area contributed by atoms with E-state index < -0.39 is 11.6 Å². The Labute approximate surface area is 120 Å². The molecule has 1 saturated heterocycles. The van der Waals surface area contributed by atoms with Crippen molar-refractivity contribution in [3.8, 4) is 0 Å². The van der Waals surface area contributed by atoms with E-state index in [1.54, 1.807) is 18.7 Å². The second-order valence-corrected chi connectivity index (χ2v) is 5.74. The van der Waals surface area contributed by atoms with Gasteiger partial charge >= 0.3 is 0 Å². The molecule has 1 unspecified atom stereocenters. The van der Waals surface area contributed by atoms with E-state index >= 15 is 0 Å². The second-order valence-electron chi connectivity index (χ2n) is 5.74. The van der Waals surface area contributed by atoms with Gasteiger partial charge in [-0.05, 0) is 44.4 Å². The Balaban J connectivity index is 2.48. The Kier molecular flexibility index (Phi) is 3.84. The fraction of sp³-hybridized carbons (Fsp3) is 0.500. The van der Waals surface area contributed by atoms with Gasteiger partial charge in [-0.3, -0.25) is 14.5 Å². The van der Waals surface area contributed by atoms with E-state index in [0.29, 0.717) is 6.42 Å². The molecule has 1 aromatic carbocycles. The number of hydrogen-bond donors (Lipinski definition) is 1. The highest BCUT2D eigenvalue weighted by molar-refractivity contribution is 6.10. The van der Waals surface area contributed by atoms with Crippen LogP contribution in [0.15, 0.2) is 24.3 Å². The average Bonchev–Trinajstić information content (AvgIpc) is 2.42. The minimum atomic E-state index is -0.856. The average molecular weight is 274 g/mol. The van der Waals surface area contributed by atoms with Gasteiger partial charge < -0.3 is 5.32 Å².